The Labute approximate surface area is 89.2 Å². The lowest BCUT2D eigenvalue weighted by molar-refractivity contribution is 0.817. The van der Waals surface area contributed by atoms with E-state index in [2.05, 4.69) is 27.3 Å². The monoisotopic (exact) mass is 199 g/mol. The van der Waals surface area contributed by atoms with Gasteiger partial charge in [0.15, 0.2) is 5.82 Å². The molecule has 0 aliphatic carbocycles. The van der Waals surface area contributed by atoms with E-state index in [9.17, 15) is 0 Å². The molecule has 0 spiro atoms. The fourth-order valence-electron chi connectivity index (χ4n) is 1.36. The Hall–Kier alpha value is -1.77. The first-order chi connectivity index (χ1) is 7.25. The Morgan fingerprint density at radius 1 is 0.933 bits per heavy atom. The van der Waals surface area contributed by atoms with Gasteiger partial charge in [0.2, 0.25) is 0 Å². The number of aromatic nitrogens is 3. The standard InChI is InChI=1S/C12H13N3/c1-9-10(2)14-15-12(13-9)8-11-6-4-3-5-7-11/h3-7H,8H2,1-2H3. The summed E-state index contributed by atoms with van der Waals surface area (Å²) in [6, 6.07) is 10.2. The van der Waals surface area contributed by atoms with Gasteiger partial charge in [-0.2, -0.15) is 5.10 Å². The van der Waals surface area contributed by atoms with E-state index in [4.69, 9.17) is 0 Å². The Morgan fingerprint density at radius 3 is 2.33 bits per heavy atom. The molecule has 0 unspecified atom stereocenters. The Kier molecular flexibility index (Phi) is 2.72. The first-order valence-corrected chi connectivity index (χ1v) is 4.96. The minimum atomic E-state index is 0.745. The van der Waals surface area contributed by atoms with Gasteiger partial charge in [0, 0.05) is 6.42 Å². The second kappa shape index (κ2) is 4.17. The molecule has 0 aliphatic rings. The largest absolute Gasteiger partial charge is 0.234 e. The molecule has 0 saturated carbocycles. The molecule has 2 aromatic rings. The van der Waals surface area contributed by atoms with Gasteiger partial charge in [-0.25, -0.2) is 4.98 Å². The van der Waals surface area contributed by atoms with Gasteiger partial charge in [0.25, 0.3) is 0 Å². The molecule has 0 atom stereocenters. The summed E-state index contributed by atoms with van der Waals surface area (Å²) in [5.74, 6) is 0.782. The van der Waals surface area contributed by atoms with Crippen molar-refractivity contribution in [1.29, 1.82) is 0 Å². The molecule has 1 aromatic carbocycles. The molecule has 3 heteroatoms. The van der Waals surface area contributed by atoms with E-state index in [-0.39, 0.29) is 0 Å². The maximum absolute atomic E-state index is 4.39. The highest BCUT2D eigenvalue weighted by Gasteiger charge is 2.02. The van der Waals surface area contributed by atoms with Crippen molar-refractivity contribution in [3.63, 3.8) is 0 Å². The predicted molar refractivity (Wildman–Crippen MR) is 58.5 cm³/mol. The second-order valence-electron chi connectivity index (χ2n) is 3.56. The summed E-state index contributed by atoms with van der Waals surface area (Å²) >= 11 is 0. The van der Waals surface area contributed by atoms with Gasteiger partial charge in [-0.1, -0.05) is 30.3 Å². The summed E-state index contributed by atoms with van der Waals surface area (Å²) in [5, 5.41) is 8.14. The molecule has 1 aromatic heterocycles. The number of hydrogen-bond donors (Lipinski definition) is 0. The fourth-order valence-corrected chi connectivity index (χ4v) is 1.36. The maximum atomic E-state index is 4.39. The number of aryl methyl sites for hydroxylation is 2. The van der Waals surface area contributed by atoms with E-state index in [0.29, 0.717) is 0 Å². The molecule has 2 rings (SSSR count). The van der Waals surface area contributed by atoms with Crippen LogP contribution in [0.5, 0.6) is 0 Å². The zero-order chi connectivity index (χ0) is 10.7. The summed E-state index contributed by atoms with van der Waals surface area (Å²) in [6.45, 7) is 3.88. The first-order valence-electron chi connectivity index (χ1n) is 4.96. The molecular formula is C12H13N3. The van der Waals surface area contributed by atoms with Crippen molar-refractivity contribution in [2.75, 3.05) is 0 Å². The fraction of sp³-hybridized carbons (Fsp3) is 0.250. The molecular weight excluding hydrogens is 186 g/mol. The molecule has 76 valence electrons. The van der Waals surface area contributed by atoms with Crippen LogP contribution in [-0.4, -0.2) is 15.2 Å². The summed E-state index contributed by atoms with van der Waals surface area (Å²) in [7, 11) is 0. The van der Waals surface area contributed by atoms with Crippen LogP contribution in [0.25, 0.3) is 0 Å². The van der Waals surface area contributed by atoms with Gasteiger partial charge < -0.3 is 0 Å². The summed E-state index contributed by atoms with van der Waals surface area (Å²) in [4.78, 5) is 4.39. The SMILES string of the molecule is Cc1nnc(Cc2ccccc2)nc1C. The number of rotatable bonds is 2. The van der Waals surface area contributed by atoms with Gasteiger partial charge in [0.05, 0.1) is 11.4 Å². The van der Waals surface area contributed by atoms with Gasteiger partial charge in [-0.15, -0.1) is 5.10 Å². The topological polar surface area (TPSA) is 38.7 Å². The zero-order valence-electron chi connectivity index (χ0n) is 8.94. The van der Waals surface area contributed by atoms with Crippen LogP contribution in [0.4, 0.5) is 0 Å². The highest BCUT2D eigenvalue weighted by Crippen LogP contribution is 2.05. The molecule has 1 heterocycles. The second-order valence-corrected chi connectivity index (χ2v) is 3.56. The molecule has 0 bridgehead atoms. The van der Waals surface area contributed by atoms with Gasteiger partial charge >= 0.3 is 0 Å². The highest BCUT2D eigenvalue weighted by atomic mass is 15.2. The van der Waals surface area contributed by atoms with Crippen LogP contribution in [0.1, 0.15) is 22.8 Å². The van der Waals surface area contributed by atoms with Crippen LogP contribution in [-0.2, 0) is 6.42 Å². The van der Waals surface area contributed by atoms with Crippen molar-refractivity contribution in [1.82, 2.24) is 15.2 Å². The number of hydrogen-bond acceptors (Lipinski definition) is 3. The highest BCUT2D eigenvalue weighted by molar-refractivity contribution is 5.19. The quantitative estimate of drug-likeness (QED) is 0.743. The van der Waals surface area contributed by atoms with E-state index in [1.54, 1.807) is 0 Å². The lowest BCUT2D eigenvalue weighted by atomic mass is 10.1. The lowest BCUT2D eigenvalue weighted by Crippen LogP contribution is -2.03. The Morgan fingerprint density at radius 2 is 1.67 bits per heavy atom. The molecule has 0 amide bonds. The first kappa shape index (κ1) is 9.77. The van der Waals surface area contributed by atoms with E-state index in [1.165, 1.54) is 5.56 Å². The molecule has 0 radical (unpaired) electrons. The normalized spacial score (nSPS) is 10.3. The minimum absolute atomic E-state index is 0.745. The average molecular weight is 199 g/mol. The third kappa shape index (κ3) is 2.37. The van der Waals surface area contributed by atoms with Crippen LogP contribution in [0.3, 0.4) is 0 Å². The molecule has 3 nitrogen and oxygen atoms in total. The molecule has 15 heavy (non-hydrogen) atoms. The summed E-state index contributed by atoms with van der Waals surface area (Å²) in [6.07, 6.45) is 0.745. The summed E-state index contributed by atoms with van der Waals surface area (Å²) < 4.78 is 0. The van der Waals surface area contributed by atoms with Crippen LogP contribution in [0.15, 0.2) is 30.3 Å². The van der Waals surface area contributed by atoms with Crippen molar-refractivity contribution in [3.8, 4) is 0 Å². The number of benzene rings is 1. The third-order valence-electron chi connectivity index (χ3n) is 2.34. The van der Waals surface area contributed by atoms with Crippen molar-refractivity contribution in [3.05, 3.63) is 53.1 Å². The smallest absolute Gasteiger partial charge is 0.155 e. The lowest BCUT2D eigenvalue weighted by Gasteiger charge is -2.01. The van der Waals surface area contributed by atoms with Crippen molar-refractivity contribution < 1.29 is 0 Å². The van der Waals surface area contributed by atoms with E-state index < -0.39 is 0 Å². The Balaban J connectivity index is 2.22. The number of nitrogens with zero attached hydrogens (tertiary/aromatic N) is 3. The van der Waals surface area contributed by atoms with E-state index in [1.807, 2.05) is 32.0 Å². The van der Waals surface area contributed by atoms with Gasteiger partial charge in [0.1, 0.15) is 0 Å². The molecule has 0 saturated heterocycles. The van der Waals surface area contributed by atoms with Gasteiger partial charge in [-0.3, -0.25) is 0 Å². The van der Waals surface area contributed by atoms with Crippen molar-refractivity contribution in [2.24, 2.45) is 0 Å². The summed E-state index contributed by atoms with van der Waals surface area (Å²) in [5.41, 5.74) is 3.06. The maximum Gasteiger partial charge on any atom is 0.155 e. The van der Waals surface area contributed by atoms with Crippen LogP contribution < -0.4 is 0 Å². The van der Waals surface area contributed by atoms with Gasteiger partial charge in [-0.05, 0) is 19.4 Å². The van der Waals surface area contributed by atoms with Crippen LogP contribution >= 0.6 is 0 Å². The molecule has 0 fully saturated rings. The van der Waals surface area contributed by atoms with E-state index >= 15 is 0 Å². The minimum Gasteiger partial charge on any atom is -0.234 e. The Bertz CT molecular complexity index is 452. The zero-order valence-corrected chi connectivity index (χ0v) is 8.94. The average Bonchev–Trinajstić information content (AvgIpc) is 2.25. The van der Waals surface area contributed by atoms with Crippen LogP contribution in [0, 0.1) is 13.8 Å². The van der Waals surface area contributed by atoms with Crippen molar-refractivity contribution in [2.45, 2.75) is 20.3 Å². The molecule has 0 N–H and O–H groups in total. The van der Waals surface area contributed by atoms with Crippen LogP contribution in [0.2, 0.25) is 0 Å². The third-order valence-corrected chi connectivity index (χ3v) is 2.34. The van der Waals surface area contributed by atoms with Crippen molar-refractivity contribution >= 4 is 0 Å². The van der Waals surface area contributed by atoms with E-state index in [0.717, 1.165) is 23.6 Å². The molecule has 0 aliphatic heterocycles. The predicted octanol–water partition coefficient (Wildman–Crippen LogP) is 2.08.